The SMILES string of the molecule is CCCNC(COCC(F)F)c1ccccc1OCC. The van der Waals surface area contributed by atoms with Crippen LogP contribution in [0.15, 0.2) is 24.3 Å². The predicted octanol–water partition coefficient (Wildman–Crippen LogP) is 3.41. The number of benzene rings is 1. The number of ether oxygens (including phenoxy) is 2. The molecule has 1 unspecified atom stereocenters. The summed E-state index contributed by atoms with van der Waals surface area (Å²) in [6, 6.07) is 7.48. The van der Waals surface area contributed by atoms with Crippen molar-refractivity contribution in [2.24, 2.45) is 0 Å². The van der Waals surface area contributed by atoms with Gasteiger partial charge in [0.25, 0.3) is 6.43 Å². The first kappa shape index (κ1) is 16.9. The van der Waals surface area contributed by atoms with Gasteiger partial charge in [0.2, 0.25) is 0 Å². The van der Waals surface area contributed by atoms with Gasteiger partial charge >= 0.3 is 0 Å². The van der Waals surface area contributed by atoms with Crippen molar-refractivity contribution >= 4 is 0 Å². The highest BCUT2D eigenvalue weighted by Gasteiger charge is 2.16. The number of alkyl halides is 2. The lowest BCUT2D eigenvalue weighted by Gasteiger charge is -2.21. The van der Waals surface area contributed by atoms with E-state index < -0.39 is 13.0 Å². The van der Waals surface area contributed by atoms with Gasteiger partial charge in [0.15, 0.2) is 0 Å². The molecule has 1 aromatic carbocycles. The highest BCUT2D eigenvalue weighted by Crippen LogP contribution is 2.25. The summed E-state index contributed by atoms with van der Waals surface area (Å²) in [6.45, 7) is 4.99. The molecular formula is C15H23F2NO2. The third kappa shape index (κ3) is 5.84. The number of hydrogen-bond donors (Lipinski definition) is 1. The molecule has 1 rings (SSSR count). The highest BCUT2D eigenvalue weighted by molar-refractivity contribution is 5.36. The average Bonchev–Trinajstić information content (AvgIpc) is 2.43. The standard InChI is InChI=1S/C15H23F2NO2/c1-3-9-18-13(10-19-11-15(16)17)12-7-5-6-8-14(12)20-4-2/h5-8,13,15,18H,3-4,9-11H2,1-2H3. The van der Waals surface area contributed by atoms with E-state index in [1.165, 1.54) is 0 Å². The molecule has 0 amide bonds. The lowest BCUT2D eigenvalue weighted by molar-refractivity contribution is 0.00899. The molecule has 0 aliphatic heterocycles. The largest absolute Gasteiger partial charge is 0.494 e. The molecule has 1 N–H and O–H groups in total. The first-order valence-corrected chi connectivity index (χ1v) is 7.00. The van der Waals surface area contributed by atoms with Gasteiger partial charge in [-0.2, -0.15) is 0 Å². The van der Waals surface area contributed by atoms with E-state index in [0.29, 0.717) is 6.61 Å². The Morgan fingerprint density at radius 3 is 2.55 bits per heavy atom. The molecule has 1 atom stereocenters. The van der Waals surface area contributed by atoms with E-state index in [1.807, 2.05) is 31.2 Å². The molecule has 0 radical (unpaired) electrons. The Labute approximate surface area is 119 Å². The van der Waals surface area contributed by atoms with E-state index in [9.17, 15) is 8.78 Å². The van der Waals surface area contributed by atoms with Crippen LogP contribution in [-0.4, -0.2) is 32.8 Å². The molecule has 0 aliphatic rings. The molecular weight excluding hydrogens is 264 g/mol. The summed E-state index contributed by atoms with van der Waals surface area (Å²) < 4.78 is 35.0. The summed E-state index contributed by atoms with van der Waals surface area (Å²) in [6.07, 6.45) is -1.48. The van der Waals surface area contributed by atoms with Crippen molar-refractivity contribution in [1.82, 2.24) is 5.32 Å². The van der Waals surface area contributed by atoms with Gasteiger partial charge in [0.05, 0.1) is 19.3 Å². The Hall–Kier alpha value is -1.20. The molecule has 20 heavy (non-hydrogen) atoms. The quantitative estimate of drug-likeness (QED) is 0.715. The Morgan fingerprint density at radius 2 is 1.90 bits per heavy atom. The Kier molecular flexibility index (Phi) is 8.14. The van der Waals surface area contributed by atoms with E-state index in [2.05, 4.69) is 12.2 Å². The van der Waals surface area contributed by atoms with E-state index in [1.54, 1.807) is 0 Å². The summed E-state index contributed by atoms with van der Waals surface area (Å²) in [5.41, 5.74) is 0.942. The van der Waals surface area contributed by atoms with Gasteiger partial charge in [0.1, 0.15) is 12.4 Å². The molecule has 0 aliphatic carbocycles. The predicted molar refractivity (Wildman–Crippen MR) is 75.5 cm³/mol. The average molecular weight is 287 g/mol. The lowest BCUT2D eigenvalue weighted by atomic mass is 10.1. The summed E-state index contributed by atoms with van der Waals surface area (Å²) >= 11 is 0. The fourth-order valence-electron chi connectivity index (χ4n) is 1.91. The Balaban J connectivity index is 2.75. The topological polar surface area (TPSA) is 30.5 Å². The highest BCUT2D eigenvalue weighted by atomic mass is 19.3. The van der Waals surface area contributed by atoms with Crippen LogP contribution in [0.4, 0.5) is 8.78 Å². The normalized spacial score (nSPS) is 12.7. The minimum Gasteiger partial charge on any atom is -0.494 e. The summed E-state index contributed by atoms with van der Waals surface area (Å²) in [5, 5.41) is 3.31. The van der Waals surface area contributed by atoms with E-state index >= 15 is 0 Å². The van der Waals surface area contributed by atoms with Crippen LogP contribution in [0, 0.1) is 0 Å². The molecule has 0 heterocycles. The number of nitrogens with one attached hydrogen (secondary N) is 1. The van der Waals surface area contributed by atoms with Crippen molar-refractivity contribution < 1.29 is 18.3 Å². The number of rotatable bonds is 10. The molecule has 0 saturated heterocycles. The van der Waals surface area contributed by atoms with Gasteiger partial charge in [-0.25, -0.2) is 8.78 Å². The zero-order valence-electron chi connectivity index (χ0n) is 12.1. The molecule has 0 saturated carbocycles. The second-order valence-electron chi connectivity index (χ2n) is 4.41. The number of halogens is 2. The van der Waals surface area contributed by atoms with Gasteiger partial charge < -0.3 is 14.8 Å². The summed E-state index contributed by atoms with van der Waals surface area (Å²) in [4.78, 5) is 0. The minimum atomic E-state index is -2.44. The molecule has 0 bridgehead atoms. The maximum absolute atomic E-state index is 12.2. The second kappa shape index (κ2) is 9.66. The third-order valence-corrected chi connectivity index (χ3v) is 2.76. The van der Waals surface area contributed by atoms with Crippen molar-refractivity contribution in [2.75, 3.05) is 26.4 Å². The summed E-state index contributed by atoms with van der Waals surface area (Å²) in [5.74, 6) is 0.768. The minimum absolute atomic E-state index is 0.142. The van der Waals surface area contributed by atoms with Crippen molar-refractivity contribution in [3.05, 3.63) is 29.8 Å². The molecule has 1 aromatic rings. The van der Waals surface area contributed by atoms with Crippen molar-refractivity contribution in [3.8, 4) is 5.75 Å². The molecule has 114 valence electrons. The van der Waals surface area contributed by atoms with Gasteiger partial charge in [-0.3, -0.25) is 0 Å². The van der Waals surface area contributed by atoms with Crippen molar-refractivity contribution in [3.63, 3.8) is 0 Å². The van der Waals surface area contributed by atoms with E-state index in [-0.39, 0.29) is 12.6 Å². The van der Waals surface area contributed by atoms with Crippen molar-refractivity contribution in [1.29, 1.82) is 0 Å². The second-order valence-corrected chi connectivity index (χ2v) is 4.41. The molecule has 0 fully saturated rings. The Bertz CT molecular complexity index is 375. The van der Waals surface area contributed by atoms with Gasteiger partial charge in [-0.05, 0) is 26.0 Å². The van der Waals surface area contributed by atoms with Gasteiger partial charge in [-0.1, -0.05) is 25.1 Å². The van der Waals surface area contributed by atoms with Crippen LogP contribution < -0.4 is 10.1 Å². The smallest absolute Gasteiger partial charge is 0.261 e. The van der Waals surface area contributed by atoms with Crippen LogP contribution in [0.5, 0.6) is 5.75 Å². The number of hydrogen-bond acceptors (Lipinski definition) is 3. The maximum atomic E-state index is 12.2. The first-order chi connectivity index (χ1) is 9.69. The first-order valence-electron chi connectivity index (χ1n) is 7.00. The van der Waals surface area contributed by atoms with Crippen LogP contribution in [0.25, 0.3) is 0 Å². The fraction of sp³-hybridized carbons (Fsp3) is 0.600. The molecule has 5 heteroatoms. The maximum Gasteiger partial charge on any atom is 0.261 e. The fourth-order valence-corrected chi connectivity index (χ4v) is 1.91. The van der Waals surface area contributed by atoms with Gasteiger partial charge in [0, 0.05) is 5.56 Å². The van der Waals surface area contributed by atoms with Crippen LogP contribution in [0.2, 0.25) is 0 Å². The third-order valence-electron chi connectivity index (χ3n) is 2.76. The lowest BCUT2D eigenvalue weighted by Crippen LogP contribution is -2.27. The van der Waals surface area contributed by atoms with Crippen LogP contribution in [-0.2, 0) is 4.74 Å². The zero-order valence-corrected chi connectivity index (χ0v) is 12.1. The summed E-state index contributed by atoms with van der Waals surface area (Å²) in [7, 11) is 0. The molecule has 0 spiro atoms. The molecule has 3 nitrogen and oxygen atoms in total. The Morgan fingerprint density at radius 1 is 1.15 bits per heavy atom. The van der Waals surface area contributed by atoms with E-state index in [4.69, 9.17) is 9.47 Å². The zero-order chi connectivity index (χ0) is 14.8. The molecule has 0 aromatic heterocycles. The van der Waals surface area contributed by atoms with Crippen molar-refractivity contribution in [2.45, 2.75) is 32.7 Å². The van der Waals surface area contributed by atoms with Crippen LogP contribution in [0.3, 0.4) is 0 Å². The van der Waals surface area contributed by atoms with Crippen LogP contribution >= 0.6 is 0 Å². The number of para-hydroxylation sites is 1. The monoisotopic (exact) mass is 287 g/mol. The van der Waals surface area contributed by atoms with E-state index in [0.717, 1.165) is 24.3 Å². The van der Waals surface area contributed by atoms with Crippen LogP contribution in [0.1, 0.15) is 31.9 Å². The van der Waals surface area contributed by atoms with Gasteiger partial charge in [-0.15, -0.1) is 0 Å².